The fraction of sp³-hybridized carbons (Fsp3) is 0.222. The van der Waals surface area contributed by atoms with E-state index in [-0.39, 0.29) is 10.7 Å². The lowest BCUT2D eigenvalue weighted by Gasteiger charge is -2.30. The average molecular weight is 456 g/mol. The maximum Gasteiger partial charge on any atom is 0.270 e. The quantitative estimate of drug-likeness (QED) is 0.347. The number of thiocarbonyl (C=S) groups is 1. The summed E-state index contributed by atoms with van der Waals surface area (Å²) < 4.78 is 0. The van der Waals surface area contributed by atoms with Crippen molar-refractivity contribution >= 4 is 57.4 Å². The molecule has 33 heavy (non-hydrogen) atoms. The molecule has 5 nitrogen and oxygen atoms in total. The summed E-state index contributed by atoms with van der Waals surface area (Å²) in [6, 6.07) is 18.0. The average Bonchev–Trinajstić information content (AvgIpc) is 3.32. The molecule has 0 radical (unpaired) electrons. The molecular formula is C27H25N3O2S. The molecule has 2 aliphatic heterocycles. The van der Waals surface area contributed by atoms with Crippen LogP contribution in [0.4, 0.5) is 11.4 Å². The number of nitrogens with zero attached hydrogens (tertiary/aromatic N) is 2. The fourth-order valence-corrected chi connectivity index (χ4v) is 5.03. The van der Waals surface area contributed by atoms with Gasteiger partial charge in [0.15, 0.2) is 5.11 Å². The predicted octanol–water partition coefficient (Wildman–Crippen LogP) is 4.89. The monoisotopic (exact) mass is 455 g/mol. The van der Waals surface area contributed by atoms with Crippen molar-refractivity contribution in [1.82, 2.24) is 5.32 Å². The van der Waals surface area contributed by atoms with E-state index in [1.165, 1.54) is 23.4 Å². The van der Waals surface area contributed by atoms with Gasteiger partial charge in [-0.25, -0.2) is 0 Å². The lowest BCUT2D eigenvalue weighted by Crippen LogP contribution is -2.54. The van der Waals surface area contributed by atoms with Gasteiger partial charge < -0.3 is 4.90 Å². The first kappa shape index (κ1) is 21.3. The van der Waals surface area contributed by atoms with Gasteiger partial charge in [0.25, 0.3) is 11.8 Å². The van der Waals surface area contributed by atoms with Crippen molar-refractivity contribution in [2.75, 3.05) is 22.9 Å². The third-order valence-electron chi connectivity index (χ3n) is 6.38. The minimum absolute atomic E-state index is 0.0719. The Balaban J connectivity index is 1.59. The molecule has 0 saturated carbocycles. The molecule has 5 rings (SSSR count). The zero-order chi connectivity index (χ0) is 23.1. The van der Waals surface area contributed by atoms with Crippen LogP contribution in [0.5, 0.6) is 0 Å². The Morgan fingerprint density at radius 3 is 2.33 bits per heavy atom. The first-order chi connectivity index (χ1) is 15.9. The lowest BCUT2D eigenvalue weighted by molar-refractivity contribution is -0.122. The number of amides is 2. The van der Waals surface area contributed by atoms with Gasteiger partial charge in [-0.15, -0.1) is 0 Å². The summed E-state index contributed by atoms with van der Waals surface area (Å²) in [6.07, 6.45) is 4.08. The fourth-order valence-electron chi connectivity index (χ4n) is 4.75. The largest absolute Gasteiger partial charge is 0.371 e. The Morgan fingerprint density at radius 2 is 1.61 bits per heavy atom. The summed E-state index contributed by atoms with van der Waals surface area (Å²) in [5.74, 6) is -0.887. The van der Waals surface area contributed by atoms with E-state index < -0.39 is 11.8 Å². The molecule has 2 heterocycles. The standard InChI is InChI=1S/C27H25N3O2S/c1-17-9-11-23(18(2)15-17)30-26(32)22(25(31)28-27(30)33)16-19-10-12-24(29-13-5-6-14-29)21-8-4-3-7-20(19)21/h3-4,7-12,15-16H,5-6,13-14H2,1-2H3,(H,28,31,33)/b22-16+. The van der Waals surface area contributed by atoms with E-state index in [4.69, 9.17) is 12.2 Å². The highest BCUT2D eigenvalue weighted by Gasteiger charge is 2.35. The highest BCUT2D eigenvalue weighted by atomic mass is 32.1. The van der Waals surface area contributed by atoms with Gasteiger partial charge in [0.05, 0.1) is 5.69 Å². The topological polar surface area (TPSA) is 52.7 Å². The van der Waals surface area contributed by atoms with Gasteiger partial charge in [0.1, 0.15) is 5.57 Å². The second kappa shape index (κ2) is 8.45. The van der Waals surface area contributed by atoms with Crippen molar-refractivity contribution in [3.63, 3.8) is 0 Å². The van der Waals surface area contributed by atoms with Crippen LogP contribution in [0.15, 0.2) is 60.2 Å². The third kappa shape index (κ3) is 3.80. The molecule has 166 valence electrons. The molecule has 0 aromatic heterocycles. The number of carbonyl (C=O) groups is 2. The Labute approximate surface area is 198 Å². The van der Waals surface area contributed by atoms with Crippen LogP contribution < -0.4 is 15.1 Å². The van der Waals surface area contributed by atoms with Crippen molar-refractivity contribution in [1.29, 1.82) is 0 Å². The lowest BCUT2D eigenvalue weighted by atomic mass is 9.99. The molecule has 2 saturated heterocycles. The highest BCUT2D eigenvalue weighted by molar-refractivity contribution is 7.80. The molecule has 2 fully saturated rings. The van der Waals surface area contributed by atoms with E-state index in [9.17, 15) is 9.59 Å². The smallest absolute Gasteiger partial charge is 0.270 e. The number of anilines is 2. The Hall–Kier alpha value is -3.51. The summed E-state index contributed by atoms with van der Waals surface area (Å²) in [5.41, 5.74) is 4.79. The van der Waals surface area contributed by atoms with Crippen LogP contribution >= 0.6 is 12.2 Å². The summed E-state index contributed by atoms with van der Waals surface area (Å²) in [4.78, 5) is 30.1. The molecule has 3 aromatic carbocycles. The van der Waals surface area contributed by atoms with Gasteiger partial charge in [-0.3, -0.25) is 19.8 Å². The molecule has 0 unspecified atom stereocenters. The van der Waals surface area contributed by atoms with Crippen LogP contribution in [-0.4, -0.2) is 30.0 Å². The Kier molecular flexibility index (Phi) is 5.46. The predicted molar refractivity (Wildman–Crippen MR) is 138 cm³/mol. The number of nitrogens with one attached hydrogen (secondary N) is 1. The van der Waals surface area contributed by atoms with Crippen molar-refractivity contribution < 1.29 is 9.59 Å². The maximum atomic E-state index is 13.5. The molecule has 0 bridgehead atoms. The zero-order valence-corrected chi connectivity index (χ0v) is 19.5. The molecule has 3 aromatic rings. The molecule has 2 amide bonds. The normalized spacial score (nSPS) is 17.9. The zero-order valence-electron chi connectivity index (χ0n) is 18.7. The van der Waals surface area contributed by atoms with Gasteiger partial charge in [0, 0.05) is 24.2 Å². The van der Waals surface area contributed by atoms with Crippen molar-refractivity contribution in [2.24, 2.45) is 0 Å². The molecule has 0 aliphatic carbocycles. The van der Waals surface area contributed by atoms with Gasteiger partial charge in [0.2, 0.25) is 0 Å². The molecule has 0 spiro atoms. The minimum atomic E-state index is -0.473. The summed E-state index contributed by atoms with van der Waals surface area (Å²) in [7, 11) is 0. The first-order valence-corrected chi connectivity index (χ1v) is 11.6. The van der Waals surface area contributed by atoms with Gasteiger partial charge >= 0.3 is 0 Å². The summed E-state index contributed by atoms with van der Waals surface area (Å²) in [6.45, 7) is 6.03. The van der Waals surface area contributed by atoms with Gasteiger partial charge in [-0.05, 0) is 73.6 Å². The van der Waals surface area contributed by atoms with E-state index in [1.807, 2.05) is 56.3 Å². The number of benzene rings is 3. The highest BCUT2D eigenvalue weighted by Crippen LogP contribution is 2.33. The molecule has 0 atom stereocenters. The van der Waals surface area contributed by atoms with Crippen LogP contribution in [0.2, 0.25) is 0 Å². The number of aryl methyl sites for hydroxylation is 2. The van der Waals surface area contributed by atoms with Crippen LogP contribution in [0.25, 0.3) is 16.8 Å². The number of hydrogen-bond acceptors (Lipinski definition) is 4. The molecule has 1 N–H and O–H groups in total. The summed E-state index contributed by atoms with van der Waals surface area (Å²) in [5, 5.41) is 4.94. The van der Waals surface area contributed by atoms with E-state index in [2.05, 4.69) is 22.3 Å². The SMILES string of the molecule is Cc1ccc(N2C(=O)/C(=C/c3ccc(N4CCCC4)c4ccccc34)C(=O)NC2=S)c(C)c1. The minimum Gasteiger partial charge on any atom is -0.371 e. The van der Waals surface area contributed by atoms with E-state index in [0.717, 1.165) is 40.6 Å². The van der Waals surface area contributed by atoms with Crippen LogP contribution in [0.3, 0.4) is 0 Å². The second-order valence-electron chi connectivity index (χ2n) is 8.66. The molecule has 2 aliphatic rings. The van der Waals surface area contributed by atoms with Gasteiger partial charge in [-0.1, -0.05) is 48.0 Å². The second-order valence-corrected chi connectivity index (χ2v) is 9.05. The third-order valence-corrected chi connectivity index (χ3v) is 6.66. The molecule has 6 heteroatoms. The van der Waals surface area contributed by atoms with Crippen LogP contribution in [-0.2, 0) is 9.59 Å². The molecular weight excluding hydrogens is 430 g/mol. The summed E-state index contributed by atoms with van der Waals surface area (Å²) >= 11 is 5.37. The first-order valence-electron chi connectivity index (χ1n) is 11.2. The van der Waals surface area contributed by atoms with Crippen molar-refractivity contribution in [2.45, 2.75) is 26.7 Å². The number of fused-ring (bicyclic) bond motifs is 1. The van der Waals surface area contributed by atoms with Crippen molar-refractivity contribution in [3.05, 3.63) is 76.9 Å². The number of rotatable bonds is 3. The number of carbonyl (C=O) groups excluding carboxylic acids is 2. The van der Waals surface area contributed by atoms with E-state index >= 15 is 0 Å². The Bertz CT molecular complexity index is 1340. The van der Waals surface area contributed by atoms with Crippen LogP contribution in [0, 0.1) is 13.8 Å². The Morgan fingerprint density at radius 1 is 0.909 bits per heavy atom. The van der Waals surface area contributed by atoms with Crippen LogP contribution in [0.1, 0.15) is 29.5 Å². The van der Waals surface area contributed by atoms with E-state index in [0.29, 0.717) is 5.69 Å². The van der Waals surface area contributed by atoms with Gasteiger partial charge in [-0.2, -0.15) is 0 Å². The number of hydrogen-bond donors (Lipinski definition) is 1. The van der Waals surface area contributed by atoms with E-state index in [1.54, 1.807) is 6.08 Å². The maximum absolute atomic E-state index is 13.5. The van der Waals surface area contributed by atoms with Crippen molar-refractivity contribution in [3.8, 4) is 0 Å².